The second-order valence-electron chi connectivity index (χ2n) is 2.88. The summed E-state index contributed by atoms with van der Waals surface area (Å²) < 4.78 is 0. The van der Waals surface area contributed by atoms with E-state index in [2.05, 4.69) is 0 Å². The first-order valence-electron chi connectivity index (χ1n) is 4.08. The molecule has 1 aromatic rings. The number of nitro groups is 1. The molecule has 7 heteroatoms. The van der Waals surface area contributed by atoms with Crippen molar-refractivity contribution in [3.63, 3.8) is 0 Å². The van der Waals surface area contributed by atoms with Gasteiger partial charge in [0.05, 0.1) is 22.4 Å². The van der Waals surface area contributed by atoms with Gasteiger partial charge in [0, 0.05) is 11.6 Å². The molecule has 0 aliphatic carbocycles. The van der Waals surface area contributed by atoms with Crippen LogP contribution in [0.5, 0.6) is 0 Å². The molecule has 0 saturated carbocycles. The Morgan fingerprint density at radius 2 is 2.25 bits per heavy atom. The van der Waals surface area contributed by atoms with Crippen molar-refractivity contribution < 1.29 is 9.72 Å². The number of ketones is 1. The SMILES string of the molecule is N#Cc1cc(N)c([N+](=O)[O-])cc1C(=O)CCl. The van der Waals surface area contributed by atoms with Gasteiger partial charge in [0.1, 0.15) is 5.69 Å². The molecule has 0 spiro atoms. The minimum atomic E-state index is -0.721. The number of alkyl halides is 1. The summed E-state index contributed by atoms with van der Waals surface area (Å²) in [4.78, 5) is 21.2. The lowest BCUT2D eigenvalue weighted by molar-refractivity contribution is -0.383. The average Bonchev–Trinajstić information content (AvgIpc) is 2.27. The number of nitrogen functional groups attached to an aromatic ring is 1. The van der Waals surface area contributed by atoms with Crippen LogP contribution in [0.25, 0.3) is 0 Å². The Labute approximate surface area is 95.4 Å². The normalized spacial score (nSPS) is 9.50. The van der Waals surface area contributed by atoms with Gasteiger partial charge in [-0.1, -0.05) is 0 Å². The van der Waals surface area contributed by atoms with Crippen LogP contribution in [0.2, 0.25) is 0 Å². The van der Waals surface area contributed by atoms with E-state index in [4.69, 9.17) is 22.6 Å². The maximum absolute atomic E-state index is 11.3. The minimum absolute atomic E-state index is 0.0197. The second kappa shape index (κ2) is 4.59. The fraction of sp³-hybridized carbons (Fsp3) is 0.111. The van der Waals surface area contributed by atoms with E-state index >= 15 is 0 Å². The fourth-order valence-electron chi connectivity index (χ4n) is 1.16. The van der Waals surface area contributed by atoms with Crippen molar-refractivity contribution in [1.29, 1.82) is 5.26 Å². The topological polar surface area (TPSA) is 110 Å². The molecule has 0 fully saturated rings. The Balaban J connectivity index is 3.48. The summed E-state index contributed by atoms with van der Waals surface area (Å²) in [6.07, 6.45) is 0. The average molecular weight is 240 g/mol. The summed E-state index contributed by atoms with van der Waals surface area (Å²) in [5, 5.41) is 19.3. The lowest BCUT2D eigenvalue weighted by Crippen LogP contribution is -2.06. The molecule has 0 radical (unpaired) electrons. The van der Waals surface area contributed by atoms with Crippen molar-refractivity contribution in [2.24, 2.45) is 0 Å². The van der Waals surface area contributed by atoms with Gasteiger partial charge in [-0.2, -0.15) is 5.26 Å². The van der Waals surface area contributed by atoms with Crippen molar-refractivity contribution in [2.75, 3.05) is 11.6 Å². The summed E-state index contributed by atoms with van der Waals surface area (Å²) in [5.41, 5.74) is 4.70. The Kier molecular flexibility index (Phi) is 3.43. The van der Waals surface area contributed by atoms with E-state index in [9.17, 15) is 14.9 Å². The third kappa shape index (κ3) is 2.10. The van der Waals surface area contributed by atoms with Crippen LogP contribution >= 0.6 is 11.6 Å². The Hall–Kier alpha value is -2.13. The number of rotatable bonds is 3. The van der Waals surface area contributed by atoms with E-state index in [0.29, 0.717) is 0 Å². The lowest BCUT2D eigenvalue weighted by Gasteiger charge is -2.03. The number of nitriles is 1. The Bertz CT molecular complexity index is 507. The highest BCUT2D eigenvalue weighted by atomic mass is 35.5. The summed E-state index contributed by atoms with van der Waals surface area (Å²) in [5.74, 6) is -0.906. The van der Waals surface area contributed by atoms with E-state index in [-0.39, 0.29) is 22.7 Å². The summed E-state index contributed by atoms with van der Waals surface area (Å²) in [6.45, 7) is 0. The van der Waals surface area contributed by atoms with Crippen LogP contribution in [-0.4, -0.2) is 16.6 Å². The van der Waals surface area contributed by atoms with Crippen LogP contribution in [0, 0.1) is 21.4 Å². The number of nitro benzene ring substituents is 1. The zero-order chi connectivity index (χ0) is 12.3. The molecule has 1 rings (SSSR count). The van der Waals surface area contributed by atoms with Gasteiger partial charge in [-0.25, -0.2) is 0 Å². The highest BCUT2D eigenvalue weighted by Gasteiger charge is 2.19. The Morgan fingerprint density at radius 3 is 2.69 bits per heavy atom. The maximum Gasteiger partial charge on any atom is 0.292 e. The van der Waals surface area contributed by atoms with Gasteiger partial charge in [-0.3, -0.25) is 14.9 Å². The van der Waals surface area contributed by atoms with Crippen molar-refractivity contribution in [3.05, 3.63) is 33.4 Å². The monoisotopic (exact) mass is 239 g/mol. The molecule has 16 heavy (non-hydrogen) atoms. The van der Waals surface area contributed by atoms with E-state index in [1.807, 2.05) is 0 Å². The minimum Gasteiger partial charge on any atom is -0.393 e. The molecular weight excluding hydrogens is 234 g/mol. The largest absolute Gasteiger partial charge is 0.393 e. The molecule has 0 aliphatic heterocycles. The van der Waals surface area contributed by atoms with Crippen molar-refractivity contribution in [2.45, 2.75) is 0 Å². The highest BCUT2D eigenvalue weighted by molar-refractivity contribution is 6.30. The molecule has 1 aromatic carbocycles. The number of nitrogens with two attached hydrogens (primary N) is 1. The summed E-state index contributed by atoms with van der Waals surface area (Å²) >= 11 is 5.33. The fourth-order valence-corrected chi connectivity index (χ4v) is 1.30. The third-order valence-corrected chi connectivity index (χ3v) is 2.15. The molecule has 0 heterocycles. The summed E-state index contributed by atoms with van der Waals surface area (Å²) in [7, 11) is 0. The Morgan fingerprint density at radius 1 is 1.62 bits per heavy atom. The zero-order valence-corrected chi connectivity index (χ0v) is 8.69. The van der Waals surface area contributed by atoms with Gasteiger partial charge in [-0.15, -0.1) is 11.6 Å². The number of anilines is 1. The number of carbonyl (C=O) groups is 1. The molecule has 0 aliphatic rings. The number of nitrogens with zero attached hydrogens (tertiary/aromatic N) is 2. The highest BCUT2D eigenvalue weighted by Crippen LogP contribution is 2.26. The number of benzene rings is 1. The predicted octanol–water partition coefficient (Wildman–Crippen LogP) is 1.47. The van der Waals surface area contributed by atoms with Gasteiger partial charge < -0.3 is 5.73 Å². The molecule has 0 amide bonds. The standard InChI is InChI=1S/C9H6ClN3O3/c10-3-9(14)6-2-8(13(15)16)7(12)1-5(6)4-11/h1-2H,3,12H2. The van der Waals surface area contributed by atoms with Crippen LogP contribution in [0.3, 0.4) is 0 Å². The van der Waals surface area contributed by atoms with Crippen LogP contribution in [0.15, 0.2) is 12.1 Å². The first-order chi connectivity index (χ1) is 7.51. The first-order valence-corrected chi connectivity index (χ1v) is 4.62. The van der Waals surface area contributed by atoms with Crippen LogP contribution < -0.4 is 5.73 Å². The number of Topliss-reactive ketones (excluding diaryl/α,β-unsaturated/α-hetero) is 1. The molecule has 0 aromatic heterocycles. The van der Waals surface area contributed by atoms with E-state index in [0.717, 1.165) is 12.1 Å². The van der Waals surface area contributed by atoms with E-state index < -0.39 is 16.4 Å². The molecule has 0 atom stereocenters. The molecule has 6 nitrogen and oxygen atoms in total. The van der Waals surface area contributed by atoms with E-state index in [1.165, 1.54) is 0 Å². The second-order valence-corrected chi connectivity index (χ2v) is 3.15. The number of halogens is 1. The van der Waals surface area contributed by atoms with Crippen molar-refractivity contribution in [3.8, 4) is 6.07 Å². The van der Waals surface area contributed by atoms with Crippen molar-refractivity contribution in [1.82, 2.24) is 0 Å². The van der Waals surface area contributed by atoms with Crippen LogP contribution in [-0.2, 0) is 0 Å². The third-order valence-electron chi connectivity index (χ3n) is 1.91. The summed E-state index contributed by atoms with van der Waals surface area (Å²) in [6, 6.07) is 3.80. The predicted molar refractivity (Wildman–Crippen MR) is 57.3 cm³/mol. The molecule has 0 bridgehead atoms. The molecule has 82 valence electrons. The number of hydrogen-bond acceptors (Lipinski definition) is 5. The van der Waals surface area contributed by atoms with Crippen LogP contribution in [0.4, 0.5) is 11.4 Å². The lowest BCUT2D eigenvalue weighted by atomic mass is 10.0. The van der Waals surface area contributed by atoms with Gasteiger partial charge in [0.15, 0.2) is 5.78 Å². The molecule has 0 saturated heterocycles. The van der Waals surface area contributed by atoms with Crippen LogP contribution in [0.1, 0.15) is 15.9 Å². The maximum atomic E-state index is 11.3. The first kappa shape index (κ1) is 11.9. The number of hydrogen-bond donors (Lipinski definition) is 1. The molecule has 2 N–H and O–H groups in total. The van der Waals surface area contributed by atoms with Gasteiger partial charge >= 0.3 is 0 Å². The zero-order valence-electron chi connectivity index (χ0n) is 7.94. The van der Waals surface area contributed by atoms with Crippen molar-refractivity contribution >= 4 is 28.8 Å². The van der Waals surface area contributed by atoms with Gasteiger partial charge in [-0.05, 0) is 6.07 Å². The van der Waals surface area contributed by atoms with E-state index in [1.54, 1.807) is 6.07 Å². The quantitative estimate of drug-likeness (QED) is 0.282. The number of carbonyl (C=O) groups excluding carboxylic acids is 1. The molecular formula is C9H6ClN3O3. The van der Waals surface area contributed by atoms with Gasteiger partial charge in [0.25, 0.3) is 5.69 Å². The smallest absolute Gasteiger partial charge is 0.292 e. The molecule has 0 unspecified atom stereocenters. The van der Waals surface area contributed by atoms with Gasteiger partial charge in [0.2, 0.25) is 0 Å².